The molecule has 0 aliphatic carbocycles. The number of methoxy groups -OCH3 is 1. The zero-order valence-electron chi connectivity index (χ0n) is 18.5. The third-order valence-corrected chi connectivity index (χ3v) is 5.49. The number of ether oxygens (including phenoxy) is 2. The third-order valence-electron chi connectivity index (χ3n) is 5.49. The van der Waals surface area contributed by atoms with Gasteiger partial charge in [0.15, 0.2) is 5.75 Å². The van der Waals surface area contributed by atoms with Crippen LogP contribution in [0.5, 0.6) is 11.6 Å². The maximum atomic E-state index is 13.3. The monoisotopic (exact) mass is 450 g/mol. The van der Waals surface area contributed by atoms with Gasteiger partial charge in [-0.3, -0.25) is 4.79 Å². The third kappa shape index (κ3) is 4.06. The fourth-order valence-electron chi connectivity index (χ4n) is 3.79. The van der Waals surface area contributed by atoms with E-state index in [0.29, 0.717) is 34.8 Å². The lowest BCUT2D eigenvalue weighted by Gasteiger charge is -2.13. The molecule has 0 fully saturated rings. The van der Waals surface area contributed by atoms with Gasteiger partial charge in [-0.05, 0) is 41.5 Å². The fourth-order valence-corrected chi connectivity index (χ4v) is 3.79. The van der Waals surface area contributed by atoms with Gasteiger partial charge in [-0.2, -0.15) is 0 Å². The Morgan fingerprint density at radius 2 is 1.65 bits per heavy atom. The predicted molar refractivity (Wildman–Crippen MR) is 132 cm³/mol. The first-order valence-corrected chi connectivity index (χ1v) is 10.7. The topological polar surface area (TPSA) is 92.3 Å². The molecule has 168 valence electrons. The summed E-state index contributed by atoms with van der Waals surface area (Å²) < 4.78 is 12.8. The molecule has 0 saturated heterocycles. The van der Waals surface area contributed by atoms with E-state index in [9.17, 15) is 4.79 Å². The molecular formula is C27H22N4O3. The number of pyridine rings is 1. The van der Waals surface area contributed by atoms with Crippen molar-refractivity contribution in [2.75, 3.05) is 12.8 Å². The number of fused-ring (bicyclic) bond motifs is 1. The molecule has 5 aromatic rings. The summed E-state index contributed by atoms with van der Waals surface area (Å²) in [4.78, 5) is 22.2. The number of nitrogens with two attached hydrogens (primary N) is 1. The van der Waals surface area contributed by atoms with Gasteiger partial charge in [0.05, 0.1) is 23.7 Å². The van der Waals surface area contributed by atoms with E-state index in [1.54, 1.807) is 25.4 Å². The van der Waals surface area contributed by atoms with Gasteiger partial charge in [-0.25, -0.2) is 14.5 Å². The Balaban J connectivity index is 1.55. The Hall–Kier alpha value is -4.65. The Morgan fingerprint density at radius 3 is 2.38 bits per heavy atom. The van der Waals surface area contributed by atoms with Gasteiger partial charge in [-0.15, -0.1) is 0 Å². The predicted octanol–water partition coefficient (Wildman–Crippen LogP) is 4.62. The number of anilines is 1. The van der Waals surface area contributed by atoms with E-state index < -0.39 is 0 Å². The van der Waals surface area contributed by atoms with Crippen LogP contribution >= 0.6 is 0 Å². The zero-order chi connectivity index (χ0) is 23.5. The highest BCUT2D eigenvalue weighted by Crippen LogP contribution is 2.31. The van der Waals surface area contributed by atoms with Gasteiger partial charge >= 0.3 is 0 Å². The molecule has 2 N–H and O–H groups in total. The van der Waals surface area contributed by atoms with Crippen LogP contribution in [0.3, 0.4) is 0 Å². The molecule has 0 unspecified atom stereocenters. The van der Waals surface area contributed by atoms with Crippen molar-refractivity contribution in [3.63, 3.8) is 0 Å². The average molecular weight is 450 g/mol. The summed E-state index contributed by atoms with van der Waals surface area (Å²) in [5.41, 5.74) is 9.68. The smallest absolute Gasteiger partial charge is 0.267 e. The number of aromatic nitrogens is 3. The van der Waals surface area contributed by atoms with E-state index >= 15 is 0 Å². The van der Waals surface area contributed by atoms with Gasteiger partial charge in [-0.1, -0.05) is 54.6 Å². The number of rotatable bonds is 6. The summed E-state index contributed by atoms with van der Waals surface area (Å²) >= 11 is 0. The Bertz CT molecular complexity index is 1520. The minimum absolute atomic E-state index is 0.138. The number of hydrogen-bond donors (Lipinski definition) is 1. The molecule has 34 heavy (non-hydrogen) atoms. The number of benzene rings is 3. The highest BCUT2D eigenvalue weighted by molar-refractivity contribution is 5.85. The molecule has 0 saturated carbocycles. The van der Waals surface area contributed by atoms with Crippen molar-refractivity contribution in [2.45, 2.75) is 6.61 Å². The van der Waals surface area contributed by atoms with Crippen LogP contribution in [0.1, 0.15) is 5.56 Å². The minimum Gasteiger partial charge on any atom is -0.483 e. The van der Waals surface area contributed by atoms with Crippen LogP contribution in [0.2, 0.25) is 0 Å². The quantitative estimate of drug-likeness (QED) is 0.406. The summed E-state index contributed by atoms with van der Waals surface area (Å²) in [6.07, 6.45) is 1.69. The lowest BCUT2D eigenvalue weighted by molar-refractivity contribution is 0.279. The first kappa shape index (κ1) is 21.2. The summed E-state index contributed by atoms with van der Waals surface area (Å²) in [5.74, 6) is 1.04. The molecule has 7 heteroatoms. The van der Waals surface area contributed by atoms with Crippen LogP contribution in [0.15, 0.2) is 95.9 Å². The van der Waals surface area contributed by atoms with Crippen LogP contribution in [-0.2, 0) is 6.61 Å². The molecule has 0 atom stereocenters. The summed E-state index contributed by atoms with van der Waals surface area (Å²) in [5, 5.41) is 0.457. The van der Waals surface area contributed by atoms with Gasteiger partial charge in [0.25, 0.3) is 11.4 Å². The summed E-state index contributed by atoms with van der Waals surface area (Å²) in [6, 6.07) is 26.4. The largest absolute Gasteiger partial charge is 0.483 e. The average Bonchev–Trinajstić information content (AvgIpc) is 2.88. The second-order valence-electron chi connectivity index (χ2n) is 7.68. The minimum atomic E-state index is -0.238. The molecular weight excluding hydrogens is 428 g/mol. The Labute approximate surface area is 196 Å². The molecule has 0 aliphatic heterocycles. The van der Waals surface area contributed by atoms with Crippen LogP contribution in [0.4, 0.5) is 5.95 Å². The van der Waals surface area contributed by atoms with Gasteiger partial charge in [0, 0.05) is 11.8 Å². The fraction of sp³-hybridized carbons (Fsp3) is 0.0741. The van der Waals surface area contributed by atoms with Crippen molar-refractivity contribution in [1.82, 2.24) is 14.5 Å². The molecule has 0 radical (unpaired) electrons. The van der Waals surface area contributed by atoms with Gasteiger partial charge in [0.2, 0.25) is 5.95 Å². The second-order valence-corrected chi connectivity index (χ2v) is 7.68. The van der Waals surface area contributed by atoms with Crippen molar-refractivity contribution < 1.29 is 9.47 Å². The van der Waals surface area contributed by atoms with Crippen molar-refractivity contribution in [3.8, 4) is 28.4 Å². The standard InChI is InChI=1S/C27H22N4O3/c1-33-25-24(34-17-18-8-4-2-5-9-18)15-20(16-29-25)19-12-13-23-22(14-19)26(32)31(27(28)30-23)21-10-6-3-7-11-21/h2-16H,17H2,1H3,(H2,28,30). The number of nitrogen functional groups attached to an aromatic ring is 1. The van der Waals surface area contributed by atoms with E-state index in [-0.39, 0.29) is 11.5 Å². The molecule has 3 aromatic carbocycles. The van der Waals surface area contributed by atoms with Gasteiger partial charge in [0.1, 0.15) is 6.61 Å². The maximum absolute atomic E-state index is 13.3. The second kappa shape index (κ2) is 9.07. The SMILES string of the molecule is COc1ncc(-c2ccc3nc(N)n(-c4ccccc4)c(=O)c3c2)cc1OCc1ccccc1. The molecule has 7 nitrogen and oxygen atoms in total. The Kier molecular flexibility index (Phi) is 5.66. The molecule has 0 amide bonds. The maximum Gasteiger partial charge on any atom is 0.267 e. The molecule has 0 aliphatic rings. The first-order chi connectivity index (χ1) is 16.6. The highest BCUT2D eigenvalue weighted by atomic mass is 16.5. The van der Waals surface area contributed by atoms with Crippen molar-refractivity contribution >= 4 is 16.9 Å². The van der Waals surface area contributed by atoms with Crippen LogP contribution in [0, 0.1) is 0 Å². The van der Waals surface area contributed by atoms with Crippen LogP contribution in [0.25, 0.3) is 27.7 Å². The van der Waals surface area contributed by atoms with Crippen LogP contribution in [-0.4, -0.2) is 21.6 Å². The first-order valence-electron chi connectivity index (χ1n) is 10.7. The van der Waals surface area contributed by atoms with Crippen molar-refractivity contribution in [1.29, 1.82) is 0 Å². The Morgan fingerprint density at radius 1 is 0.912 bits per heavy atom. The highest BCUT2D eigenvalue weighted by Gasteiger charge is 2.14. The molecule has 5 rings (SSSR count). The molecule has 0 spiro atoms. The van der Waals surface area contributed by atoms with Crippen molar-refractivity contribution in [2.24, 2.45) is 0 Å². The number of nitrogens with zero attached hydrogens (tertiary/aromatic N) is 3. The lowest BCUT2D eigenvalue weighted by atomic mass is 10.1. The molecule has 0 bridgehead atoms. The molecule has 2 aromatic heterocycles. The normalized spacial score (nSPS) is 10.9. The van der Waals surface area contributed by atoms with E-state index in [2.05, 4.69) is 9.97 Å². The van der Waals surface area contributed by atoms with E-state index in [1.807, 2.05) is 72.8 Å². The van der Waals surface area contributed by atoms with E-state index in [1.165, 1.54) is 4.57 Å². The summed E-state index contributed by atoms with van der Waals surface area (Å²) in [6.45, 7) is 0.380. The van der Waals surface area contributed by atoms with E-state index in [4.69, 9.17) is 15.2 Å². The van der Waals surface area contributed by atoms with Crippen molar-refractivity contribution in [3.05, 3.63) is 107 Å². The van der Waals surface area contributed by atoms with Gasteiger partial charge < -0.3 is 15.2 Å². The number of para-hydroxylation sites is 1. The zero-order valence-corrected chi connectivity index (χ0v) is 18.5. The van der Waals surface area contributed by atoms with E-state index in [0.717, 1.165) is 16.7 Å². The summed E-state index contributed by atoms with van der Waals surface area (Å²) in [7, 11) is 1.55. The van der Waals surface area contributed by atoms with Crippen LogP contribution < -0.4 is 20.8 Å². The number of hydrogen-bond acceptors (Lipinski definition) is 6. The molecule has 2 heterocycles. The lowest BCUT2D eigenvalue weighted by Crippen LogP contribution is -2.23.